The van der Waals surface area contributed by atoms with Gasteiger partial charge in [-0.1, -0.05) is 29.3 Å². The normalized spacial score (nSPS) is 10.7. The zero-order chi connectivity index (χ0) is 15.9. The van der Waals surface area contributed by atoms with Gasteiger partial charge in [0, 0.05) is 21.8 Å². The molecule has 0 atom stereocenters. The summed E-state index contributed by atoms with van der Waals surface area (Å²) in [5.74, 6) is 0.527. The summed E-state index contributed by atoms with van der Waals surface area (Å²) in [4.78, 5) is 11.9. The van der Waals surface area contributed by atoms with Gasteiger partial charge < -0.3 is 10.1 Å². The molecular weight excluding hydrogens is 321 g/mol. The maximum Gasteiger partial charge on any atom is 0.248 e. The van der Waals surface area contributed by atoms with Crippen LogP contribution in [-0.2, 0) is 4.79 Å². The number of rotatable bonds is 5. The first-order valence-corrected chi connectivity index (χ1v) is 7.51. The number of carbonyl (C=O) groups is 1. The van der Waals surface area contributed by atoms with Crippen LogP contribution in [0.1, 0.15) is 12.5 Å². The van der Waals surface area contributed by atoms with Gasteiger partial charge in [-0.3, -0.25) is 4.79 Å². The molecule has 0 bridgehead atoms. The van der Waals surface area contributed by atoms with E-state index in [1.165, 1.54) is 6.08 Å². The van der Waals surface area contributed by atoms with E-state index in [1.807, 2.05) is 6.92 Å². The average molecular weight is 336 g/mol. The van der Waals surface area contributed by atoms with Crippen LogP contribution in [0.4, 0.5) is 5.69 Å². The summed E-state index contributed by atoms with van der Waals surface area (Å²) in [6.45, 7) is 2.53. The third-order valence-electron chi connectivity index (χ3n) is 2.81. The molecule has 0 radical (unpaired) electrons. The Bertz CT molecular complexity index is 682. The first kappa shape index (κ1) is 16.4. The third kappa shape index (κ3) is 4.79. The first-order chi connectivity index (χ1) is 10.6. The van der Waals surface area contributed by atoms with E-state index in [0.717, 1.165) is 11.3 Å². The molecule has 3 nitrogen and oxygen atoms in total. The van der Waals surface area contributed by atoms with Crippen LogP contribution in [0.15, 0.2) is 48.5 Å². The van der Waals surface area contributed by atoms with Crippen molar-refractivity contribution in [2.45, 2.75) is 6.92 Å². The highest BCUT2D eigenvalue weighted by molar-refractivity contribution is 6.35. The monoisotopic (exact) mass is 335 g/mol. The van der Waals surface area contributed by atoms with Crippen molar-refractivity contribution >= 4 is 40.9 Å². The van der Waals surface area contributed by atoms with E-state index in [1.54, 1.807) is 48.5 Å². The minimum absolute atomic E-state index is 0.241. The zero-order valence-electron chi connectivity index (χ0n) is 12.0. The highest BCUT2D eigenvalue weighted by atomic mass is 35.5. The van der Waals surface area contributed by atoms with Gasteiger partial charge in [0.25, 0.3) is 0 Å². The van der Waals surface area contributed by atoms with Crippen molar-refractivity contribution in [1.29, 1.82) is 0 Å². The van der Waals surface area contributed by atoms with Crippen LogP contribution in [0.3, 0.4) is 0 Å². The molecule has 0 aliphatic heterocycles. The molecule has 0 saturated heterocycles. The smallest absolute Gasteiger partial charge is 0.248 e. The Labute approximate surface area is 139 Å². The average Bonchev–Trinajstić information content (AvgIpc) is 2.49. The summed E-state index contributed by atoms with van der Waals surface area (Å²) in [6.07, 6.45) is 3.06. The van der Waals surface area contributed by atoms with E-state index in [-0.39, 0.29) is 5.91 Å². The number of anilines is 1. The van der Waals surface area contributed by atoms with E-state index >= 15 is 0 Å². The van der Waals surface area contributed by atoms with Gasteiger partial charge in [0.05, 0.1) is 6.61 Å². The van der Waals surface area contributed by atoms with Gasteiger partial charge in [-0.25, -0.2) is 0 Å². The summed E-state index contributed by atoms with van der Waals surface area (Å²) < 4.78 is 5.34. The number of carbonyl (C=O) groups excluding carboxylic acids is 1. The molecule has 2 aromatic rings. The van der Waals surface area contributed by atoms with Crippen LogP contribution in [0.5, 0.6) is 5.75 Å². The summed E-state index contributed by atoms with van der Waals surface area (Å²) in [5, 5.41) is 3.82. The van der Waals surface area contributed by atoms with Crippen molar-refractivity contribution in [3.05, 3.63) is 64.1 Å². The number of amides is 1. The second-order valence-electron chi connectivity index (χ2n) is 4.45. The van der Waals surface area contributed by atoms with E-state index < -0.39 is 0 Å². The Morgan fingerprint density at radius 2 is 1.91 bits per heavy atom. The molecule has 0 heterocycles. The molecule has 0 aromatic heterocycles. The fourth-order valence-corrected chi connectivity index (χ4v) is 2.26. The van der Waals surface area contributed by atoms with Gasteiger partial charge in [0.15, 0.2) is 0 Å². The Balaban J connectivity index is 1.98. The van der Waals surface area contributed by atoms with Gasteiger partial charge in [0.2, 0.25) is 5.91 Å². The lowest BCUT2D eigenvalue weighted by Gasteiger charge is -2.05. The lowest BCUT2D eigenvalue weighted by molar-refractivity contribution is -0.111. The number of hydrogen-bond acceptors (Lipinski definition) is 2. The van der Waals surface area contributed by atoms with Gasteiger partial charge in [-0.2, -0.15) is 0 Å². The van der Waals surface area contributed by atoms with Gasteiger partial charge >= 0.3 is 0 Å². The van der Waals surface area contributed by atoms with Gasteiger partial charge in [-0.15, -0.1) is 0 Å². The molecular formula is C17H15Cl2NO2. The highest BCUT2D eigenvalue weighted by Crippen LogP contribution is 2.22. The maximum atomic E-state index is 11.9. The molecule has 1 amide bonds. The van der Waals surface area contributed by atoms with E-state index in [0.29, 0.717) is 22.3 Å². The standard InChI is InChI=1S/C17H15Cl2NO2/c1-2-22-15-8-6-14(7-9-15)20-17(21)10-4-12-3-5-13(18)11-16(12)19/h3-11H,2H2,1H3,(H,20,21)/b10-4-. The minimum Gasteiger partial charge on any atom is -0.494 e. The Morgan fingerprint density at radius 3 is 2.55 bits per heavy atom. The number of nitrogens with one attached hydrogen (secondary N) is 1. The second kappa shape index (κ2) is 7.87. The second-order valence-corrected chi connectivity index (χ2v) is 5.29. The molecule has 0 unspecified atom stereocenters. The number of hydrogen-bond donors (Lipinski definition) is 1. The number of halogens is 2. The van der Waals surface area contributed by atoms with Crippen molar-refractivity contribution in [3.63, 3.8) is 0 Å². The number of ether oxygens (including phenoxy) is 1. The number of benzene rings is 2. The summed E-state index contributed by atoms with van der Waals surface area (Å²) in [5.41, 5.74) is 1.42. The largest absolute Gasteiger partial charge is 0.494 e. The first-order valence-electron chi connectivity index (χ1n) is 6.75. The van der Waals surface area contributed by atoms with Crippen molar-refractivity contribution in [3.8, 4) is 5.75 Å². The van der Waals surface area contributed by atoms with Gasteiger partial charge in [0.1, 0.15) is 5.75 Å². The predicted octanol–water partition coefficient (Wildman–Crippen LogP) is 5.04. The van der Waals surface area contributed by atoms with E-state index in [4.69, 9.17) is 27.9 Å². The summed E-state index contributed by atoms with van der Waals surface area (Å²) in [7, 11) is 0. The highest BCUT2D eigenvalue weighted by Gasteiger charge is 2.01. The lowest BCUT2D eigenvalue weighted by atomic mass is 10.2. The molecule has 5 heteroatoms. The van der Waals surface area contributed by atoms with Crippen molar-refractivity contribution < 1.29 is 9.53 Å². The van der Waals surface area contributed by atoms with E-state index in [9.17, 15) is 4.79 Å². The minimum atomic E-state index is -0.241. The Kier molecular flexibility index (Phi) is 5.87. The molecule has 22 heavy (non-hydrogen) atoms. The van der Waals surface area contributed by atoms with E-state index in [2.05, 4.69) is 5.32 Å². The van der Waals surface area contributed by atoms with Crippen molar-refractivity contribution in [2.24, 2.45) is 0 Å². The quantitative estimate of drug-likeness (QED) is 0.777. The molecule has 1 N–H and O–H groups in total. The molecule has 0 fully saturated rings. The topological polar surface area (TPSA) is 38.3 Å². The molecule has 2 rings (SSSR count). The van der Waals surface area contributed by atoms with Crippen molar-refractivity contribution in [1.82, 2.24) is 0 Å². The maximum absolute atomic E-state index is 11.9. The molecule has 0 aliphatic rings. The summed E-state index contributed by atoms with van der Waals surface area (Å²) >= 11 is 11.9. The predicted molar refractivity (Wildman–Crippen MR) is 91.7 cm³/mol. The van der Waals surface area contributed by atoms with Crippen LogP contribution in [0.25, 0.3) is 6.08 Å². The van der Waals surface area contributed by atoms with Crippen LogP contribution in [0.2, 0.25) is 10.0 Å². The van der Waals surface area contributed by atoms with Crippen LogP contribution >= 0.6 is 23.2 Å². The zero-order valence-corrected chi connectivity index (χ0v) is 13.5. The molecule has 0 saturated carbocycles. The molecule has 2 aromatic carbocycles. The fraction of sp³-hybridized carbons (Fsp3) is 0.118. The van der Waals surface area contributed by atoms with Crippen molar-refractivity contribution in [2.75, 3.05) is 11.9 Å². The Morgan fingerprint density at radius 1 is 1.18 bits per heavy atom. The lowest BCUT2D eigenvalue weighted by Crippen LogP contribution is -2.07. The van der Waals surface area contributed by atoms with Crippen LogP contribution in [-0.4, -0.2) is 12.5 Å². The van der Waals surface area contributed by atoms with Crippen LogP contribution < -0.4 is 10.1 Å². The molecule has 0 spiro atoms. The summed E-state index contributed by atoms with van der Waals surface area (Å²) in [6, 6.07) is 12.3. The fourth-order valence-electron chi connectivity index (χ4n) is 1.79. The Hall–Kier alpha value is -1.97. The van der Waals surface area contributed by atoms with Gasteiger partial charge in [-0.05, 0) is 55.0 Å². The SMILES string of the molecule is CCOc1ccc(NC(=O)/C=C\c2ccc(Cl)cc2Cl)cc1. The molecule has 0 aliphatic carbocycles. The third-order valence-corrected chi connectivity index (χ3v) is 3.37. The van der Waals surface area contributed by atoms with Crippen LogP contribution in [0, 0.1) is 0 Å². The molecule has 114 valence electrons.